The molecule has 14 heavy (non-hydrogen) atoms. The molecule has 1 aromatic heterocycles. The van der Waals surface area contributed by atoms with E-state index in [1.54, 1.807) is 0 Å². The van der Waals surface area contributed by atoms with Gasteiger partial charge in [-0.1, -0.05) is 6.07 Å². The second-order valence-electron chi connectivity index (χ2n) is 3.42. The number of halogens is 2. The first-order valence-electron chi connectivity index (χ1n) is 4.55. The SMILES string of the molecule is Cl.Cl.c1cncc(CC2CCNC2)c1. The Hall–Kier alpha value is -0.310. The van der Waals surface area contributed by atoms with Crippen molar-refractivity contribution in [2.24, 2.45) is 5.92 Å². The molecule has 1 aromatic rings. The van der Waals surface area contributed by atoms with E-state index in [1.165, 1.54) is 31.5 Å². The molecule has 0 saturated carbocycles. The van der Waals surface area contributed by atoms with Crippen LogP contribution in [0.4, 0.5) is 0 Å². The van der Waals surface area contributed by atoms with Crippen molar-refractivity contribution in [1.82, 2.24) is 10.3 Å². The molecule has 2 rings (SSSR count). The molecule has 1 fully saturated rings. The molecular formula is C10H16Cl2N2. The molecule has 1 aliphatic heterocycles. The van der Waals surface area contributed by atoms with Gasteiger partial charge in [-0.05, 0) is 43.5 Å². The summed E-state index contributed by atoms with van der Waals surface area (Å²) < 4.78 is 0. The number of hydrogen-bond donors (Lipinski definition) is 1. The van der Waals surface area contributed by atoms with Crippen molar-refractivity contribution < 1.29 is 0 Å². The van der Waals surface area contributed by atoms with Gasteiger partial charge in [0.2, 0.25) is 0 Å². The second-order valence-corrected chi connectivity index (χ2v) is 3.42. The van der Waals surface area contributed by atoms with Gasteiger partial charge < -0.3 is 5.32 Å². The second kappa shape index (κ2) is 7.04. The van der Waals surface area contributed by atoms with Gasteiger partial charge in [0, 0.05) is 12.4 Å². The molecule has 2 nitrogen and oxygen atoms in total. The fourth-order valence-electron chi connectivity index (χ4n) is 1.74. The molecule has 80 valence electrons. The molecule has 0 radical (unpaired) electrons. The average molecular weight is 235 g/mol. The molecule has 4 heteroatoms. The first kappa shape index (κ1) is 13.7. The number of hydrogen-bond acceptors (Lipinski definition) is 2. The zero-order valence-corrected chi connectivity index (χ0v) is 9.61. The summed E-state index contributed by atoms with van der Waals surface area (Å²) in [6.07, 6.45) is 6.30. The van der Waals surface area contributed by atoms with Crippen LogP contribution in [0.25, 0.3) is 0 Å². The third-order valence-corrected chi connectivity index (χ3v) is 2.41. The van der Waals surface area contributed by atoms with Gasteiger partial charge in [-0.25, -0.2) is 0 Å². The van der Waals surface area contributed by atoms with Crippen LogP contribution >= 0.6 is 24.8 Å². The van der Waals surface area contributed by atoms with Crippen molar-refractivity contribution in [1.29, 1.82) is 0 Å². The van der Waals surface area contributed by atoms with Crippen molar-refractivity contribution in [2.75, 3.05) is 13.1 Å². The summed E-state index contributed by atoms with van der Waals surface area (Å²) in [5, 5.41) is 3.37. The highest BCUT2D eigenvalue weighted by Crippen LogP contribution is 2.13. The molecule has 0 amide bonds. The number of rotatable bonds is 2. The molecule has 0 bridgehead atoms. The van der Waals surface area contributed by atoms with Gasteiger partial charge in [0.1, 0.15) is 0 Å². The lowest BCUT2D eigenvalue weighted by Crippen LogP contribution is -2.10. The van der Waals surface area contributed by atoms with Crippen molar-refractivity contribution in [3.63, 3.8) is 0 Å². The third kappa shape index (κ3) is 3.82. The average Bonchev–Trinajstić information content (AvgIpc) is 2.59. The van der Waals surface area contributed by atoms with Crippen LogP contribution < -0.4 is 5.32 Å². The maximum absolute atomic E-state index is 4.11. The van der Waals surface area contributed by atoms with E-state index in [9.17, 15) is 0 Å². The summed E-state index contributed by atoms with van der Waals surface area (Å²) in [5.74, 6) is 0.828. The van der Waals surface area contributed by atoms with E-state index in [0.717, 1.165) is 5.92 Å². The maximum atomic E-state index is 4.11. The number of nitrogens with one attached hydrogen (secondary N) is 1. The van der Waals surface area contributed by atoms with Crippen molar-refractivity contribution >= 4 is 24.8 Å². The Kier molecular flexibility index (Phi) is 6.89. The van der Waals surface area contributed by atoms with Crippen LogP contribution in [0.5, 0.6) is 0 Å². The highest BCUT2D eigenvalue weighted by atomic mass is 35.5. The minimum Gasteiger partial charge on any atom is -0.316 e. The van der Waals surface area contributed by atoms with Gasteiger partial charge in [-0.15, -0.1) is 24.8 Å². The molecule has 1 aliphatic rings. The normalized spacial score (nSPS) is 19.6. The molecule has 1 saturated heterocycles. The highest BCUT2D eigenvalue weighted by molar-refractivity contribution is 5.85. The number of nitrogens with zero attached hydrogens (tertiary/aromatic N) is 1. The quantitative estimate of drug-likeness (QED) is 0.848. The third-order valence-electron chi connectivity index (χ3n) is 2.41. The van der Waals surface area contributed by atoms with Crippen LogP contribution in [0.3, 0.4) is 0 Å². The molecule has 0 aromatic carbocycles. The van der Waals surface area contributed by atoms with Crippen LogP contribution in [0, 0.1) is 5.92 Å². The monoisotopic (exact) mass is 234 g/mol. The molecule has 0 aliphatic carbocycles. The van der Waals surface area contributed by atoms with E-state index in [2.05, 4.69) is 16.4 Å². The Morgan fingerprint density at radius 3 is 2.86 bits per heavy atom. The van der Waals surface area contributed by atoms with E-state index in [0.29, 0.717) is 0 Å². The van der Waals surface area contributed by atoms with E-state index < -0.39 is 0 Å². The summed E-state index contributed by atoms with van der Waals surface area (Å²) in [4.78, 5) is 4.11. The summed E-state index contributed by atoms with van der Waals surface area (Å²) in [7, 11) is 0. The predicted octanol–water partition coefficient (Wildman–Crippen LogP) is 2.08. The van der Waals surface area contributed by atoms with Crippen LogP contribution in [0.15, 0.2) is 24.5 Å². The number of aromatic nitrogens is 1. The summed E-state index contributed by atoms with van der Waals surface area (Å²) in [6.45, 7) is 2.36. The Labute approximate surface area is 97.3 Å². The van der Waals surface area contributed by atoms with E-state index in [-0.39, 0.29) is 24.8 Å². The Morgan fingerprint density at radius 2 is 2.29 bits per heavy atom. The van der Waals surface area contributed by atoms with Gasteiger partial charge in [0.05, 0.1) is 0 Å². The zero-order valence-electron chi connectivity index (χ0n) is 7.98. The first-order valence-corrected chi connectivity index (χ1v) is 4.55. The van der Waals surface area contributed by atoms with Crippen LogP contribution in [0.2, 0.25) is 0 Å². The largest absolute Gasteiger partial charge is 0.316 e. The van der Waals surface area contributed by atoms with Gasteiger partial charge in [0.25, 0.3) is 0 Å². The molecule has 0 spiro atoms. The summed E-state index contributed by atoms with van der Waals surface area (Å²) in [5.41, 5.74) is 1.37. The van der Waals surface area contributed by atoms with Crippen LogP contribution in [-0.2, 0) is 6.42 Å². The van der Waals surface area contributed by atoms with E-state index >= 15 is 0 Å². The fraction of sp³-hybridized carbons (Fsp3) is 0.500. The molecular weight excluding hydrogens is 219 g/mol. The lowest BCUT2D eigenvalue weighted by Gasteiger charge is -2.06. The molecule has 1 atom stereocenters. The minimum atomic E-state index is 0. The summed E-state index contributed by atoms with van der Waals surface area (Å²) >= 11 is 0. The lowest BCUT2D eigenvalue weighted by atomic mass is 10.0. The van der Waals surface area contributed by atoms with Gasteiger partial charge >= 0.3 is 0 Å². The lowest BCUT2D eigenvalue weighted by molar-refractivity contribution is 0.579. The Balaban J connectivity index is 0.000000845. The van der Waals surface area contributed by atoms with E-state index in [4.69, 9.17) is 0 Å². The highest BCUT2D eigenvalue weighted by Gasteiger charge is 2.14. The minimum absolute atomic E-state index is 0. The maximum Gasteiger partial charge on any atom is 0.0299 e. The van der Waals surface area contributed by atoms with Crippen molar-refractivity contribution in [2.45, 2.75) is 12.8 Å². The summed E-state index contributed by atoms with van der Waals surface area (Å²) in [6, 6.07) is 4.17. The Bertz CT molecular complexity index is 235. The zero-order chi connectivity index (χ0) is 8.23. The molecule has 2 heterocycles. The van der Waals surface area contributed by atoms with Gasteiger partial charge in [0.15, 0.2) is 0 Å². The fourth-order valence-corrected chi connectivity index (χ4v) is 1.74. The van der Waals surface area contributed by atoms with E-state index in [1.807, 2.05) is 18.5 Å². The number of pyridine rings is 1. The first-order chi connectivity index (χ1) is 5.95. The topological polar surface area (TPSA) is 24.9 Å². The van der Waals surface area contributed by atoms with Crippen molar-refractivity contribution in [3.05, 3.63) is 30.1 Å². The molecule has 1 N–H and O–H groups in total. The van der Waals surface area contributed by atoms with Crippen LogP contribution in [-0.4, -0.2) is 18.1 Å². The van der Waals surface area contributed by atoms with Gasteiger partial charge in [-0.3, -0.25) is 4.98 Å². The standard InChI is InChI=1S/C10H14N2.2ClH/c1-2-9(7-11-4-1)6-10-3-5-12-8-10;;/h1-2,4,7,10,12H,3,5-6,8H2;2*1H. The molecule has 1 unspecified atom stereocenters. The van der Waals surface area contributed by atoms with Crippen molar-refractivity contribution in [3.8, 4) is 0 Å². The Morgan fingerprint density at radius 1 is 1.43 bits per heavy atom. The van der Waals surface area contributed by atoms with Crippen LogP contribution in [0.1, 0.15) is 12.0 Å². The van der Waals surface area contributed by atoms with Gasteiger partial charge in [-0.2, -0.15) is 0 Å². The predicted molar refractivity (Wildman–Crippen MR) is 63.4 cm³/mol. The smallest absolute Gasteiger partial charge is 0.0299 e.